The fourth-order valence-corrected chi connectivity index (χ4v) is 2.48. The molecular weight excluding hydrogens is 236 g/mol. The summed E-state index contributed by atoms with van der Waals surface area (Å²) in [4.78, 5) is 0. The highest BCUT2D eigenvalue weighted by Gasteiger charge is 2.29. The molecule has 0 spiro atoms. The van der Waals surface area contributed by atoms with Gasteiger partial charge in [0.2, 0.25) is 0 Å². The number of nitrogens with one attached hydrogen (secondary N) is 2. The molecule has 3 rings (SSSR count). The molecule has 1 atom stereocenters. The van der Waals surface area contributed by atoms with E-state index in [1.807, 2.05) is 31.2 Å². The zero-order valence-corrected chi connectivity index (χ0v) is 10.6. The molecule has 2 aliphatic heterocycles. The standard InChI is InChI=1S/C15H14N4/c1-9-3-2-4-10(5-9)12-6-13(17)19-15-14(12)11(7-16)8-18-15/h2-6,8,15,18-19H,17H2,1H3. The predicted octanol–water partition coefficient (Wildman–Crippen LogP) is 1.49. The van der Waals surface area contributed by atoms with Gasteiger partial charge in [-0.15, -0.1) is 0 Å². The first kappa shape index (κ1) is 11.4. The van der Waals surface area contributed by atoms with Crippen molar-refractivity contribution in [2.45, 2.75) is 13.1 Å². The lowest BCUT2D eigenvalue weighted by Crippen LogP contribution is -2.42. The summed E-state index contributed by atoms with van der Waals surface area (Å²) in [7, 11) is 0. The largest absolute Gasteiger partial charge is 0.385 e. The maximum absolute atomic E-state index is 9.22. The first-order valence-electron chi connectivity index (χ1n) is 6.10. The number of nitrogens with zero attached hydrogens (tertiary/aromatic N) is 1. The lowest BCUT2D eigenvalue weighted by molar-refractivity contribution is 0.605. The van der Waals surface area contributed by atoms with Crippen LogP contribution in [0.3, 0.4) is 0 Å². The number of dihydropyridines is 1. The van der Waals surface area contributed by atoms with Crippen LogP contribution in [0.25, 0.3) is 5.57 Å². The van der Waals surface area contributed by atoms with Gasteiger partial charge in [-0.1, -0.05) is 29.8 Å². The van der Waals surface area contributed by atoms with Crippen LogP contribution in [0.2, 0.25) is 0 Å². The van der Waals surface area contributed by atoms with Gasteiger partial charge in [-0.2, -0.15) is 5.26 Å². The Morgan fingerprint density at radius 1 is 1.37 bits per heavy atom. The summed E-state index contributed by atoms with van der Waals surface area (Å²) in [5, 5.41) is 15.5. The number of aryl methyl sites for hydroxylation is 1. The third kappa shape index (κ3) is 1.85. The molecule has 19 heavy (non-hydrogen) atoms. The Labute approximate surface area is 111 Å². The first-order chi connectivity index (χ1) is 9.19. The van der Waals surface area contributed by atoms with Crippen LogP contribution in [-0.2, 0) is 0 Å². The van der Waals surface area contributed by atoms with Gasteiger partial charge < -0.3 is 16.4 Å². The Hall–Kier alpha value is -2.67. The molecule has 4 N–H and O–H groups in total. The van der Waals surface area contributed by atoms with Crippen molar-refractivity contribution in [2.24, 2.45) is 5.73 Å². The Balaban J connectivity index is 2.20. The molecule has 0 saturated carbocycles. The average Bonchev–Trinajstić information content (AvgIpc) is 2.80. The van der Waals surface area contributed by atoms with Gasteiger partial charge in [0.15, 0.2) is 0 Å². The topological polar surface area (TPSA) is 73.9 Å². The number of rotatable bonds is 1. The highest BCUT2D eigenvalue weighted by molar-refractivity contribution is 5.84. The summed E-state index contributed by atoms with van der Waals surface area (Å²) in [6.45, 7) is 2.05. The Bertz CT molecular complexity index is 674. The molecule has 1 unspecified atom stereocenters. The van der Waals surface area contributed by atoms with E-state index in [-0.39, 0.29) is 6.17 Å². The number of nitrogens with two attached hydrogens (primary N) is 1. The van der Waals surface area contributed by atoms with E-state index in [9.17, 15) is 5.26 Å². The molecule has 94 valence electrons. The second-order valence-corrected chi connectivity index (χ2v) is 4.71. The van der Waals surface area contributed by atoms with Crippen molar-refractivity contribution in [1.82, 2.24) is 10.6 Å². The average molecular weight is 250 g/mol. The molecule has 1 aromatic carbocycles. The van der Waals surface area contributed by atoms with Crippen LogP contribution in [0, 0.1) is 18.3 Å². The number of fused-ring (bicyclic) bond motifs is 1. The van der Waals surface area contributed by atoms with Gasteiger partial charge in [0.1, 0.15) is 12.2 Å². The van der Waals surface area contributed by atoms with Gasteiger partial charge in [0.25, 0.3) is 0 Å². The van der Waals surface area contributed by atoms with Crippen LogP contribution < -0.4 is 16.4 Å². The molecule has 0 radical (unpaired) electrons. The van der Waals surface area contributed by atoms with E-state index >= 15 is 0 Å². The summed E-state index contributed by atoms with van der Waals surface area (Å²) in [6, 6.07) is 10.4. The second kappa shape index (κ2) is 4.21. The first-order valence-corrected chi connectivity index (χ1v) is 6.10. The minimum Gasteiger partial charge on any atom is -0.385 e. The highest BCUT2D eigenvalue weighted by atomic mass is 15.2. The smallest absolute Gasteiger partial charge is 0.126 e. The number of nitriles is 1. The van der Waals surface area contributed by atoms with Crippen molar-refractivity contribution in [2.75, 3.05) is 0 Å². The summed E-state index contributed by atoms with van der Waals surface area (Å²) in [5.41, 5.74) is 10.8. The zero-order valence-electron chi connectivity index (χ0n) is 10.6. The SMILES string of the molecule is Cc1cccc(C2=C3C(C#N)=CNC3NC(N)=C2)c1. The van der Waals surface area contributed by atoms with E-state index in [1.54, 1.807) is 6.20 Å². The predicted molar refractivity (Wildman–Crippen MR) is 74.1 cm³/mol. The van der Waals surface area contributed by atoms with Crippen molar-refractivity contribution in [3.8, 4) is 6.07 Å². The number of hydrogen-bond donors (Lipinski definition) is 3. The normalized spacial score (nSPS) is 20.7. The zero-order chi connectivity index (χ0) is 13.4. The van der Waals surface area contributed by atoms with E-state index < -0.39 is 0 Å². The molecule has 0 fully saturated rings. The van der Waals surface area contributed by atoms with Gasteiger partial charge in [-0.25, -0.2) is 0 Å². The summed E-state index contributed by atoms with van der Waals surface area (Å²) in [6.07, 6.45) is 3.50. The van der Waals surface area contributed by atoms with Gasteiger partial charge >= 0.3 is 0 Å². The molecule has 4 nitrogen and oxygen atoms in total. The molecular formula is C15H14N4. The monoisotopic (exact) mass is 250 g/mol. The van der Waals surface area contributed by atoms with Crippen LogP contribution in [0.4, 0.5) is 0 Å². The summed E-state index contributed by atoms with van der Waals surface area (Å²) < 4.78 is 0. The third-order valence-corrected chi connectivity index (χ3v) is 3.32. The molecule has 1 aromatic rings. The van der Waals surface area contributed by atoms with Crippen molar-refractivity contribution in [3.05, 3.63) is 64.6 Å². The molecule has 2 aliphatic rings. The quantitative estimate of drug-likeness (QED) is 0.706. The molecule has 0 saturated heterocycles. The van der Waals surface area contributed by atoms with Crippen LogP contribution in [0.1, 0.15) is 11.1 Å². The molecule has 4 heteroatoms. The van der Waals surface area contributed by atoms with E-state index in [2.05, 4.69) is 22.8 Å². The van der Waals surface area contributed by atoms with E-state index in [0.29, 0.717) is 11.4 Å². The van der Waals surface area contributed by atoms with Crippen LogP contribution in [-0.4, -0.2) is 6.17 Å². The fraction of sp³-hybridized carbons (Fsp3) is 0.133. The Morgan fingerprint density at radius 2 is 2.21 bits per heavy atom. The maximum Gasteiger partial charge on any atom is 0.126 e. The lowest BCUT2D eigenvalue weighted by atomic mass is 9.92. The van der Waals surface area contributed by atoms with Gasteiger partial charge in [-0.05, 0) is 24.1 Å². The third-order valence-electron chi connectivity index (χ3n) is 3.32. The molecule has 0 amide bonds. The lowest BCUT2D eigenvalue weighted by Gasteiger charge is -2.25. The van der Waals surface area contributed by atoms with Gasteiger partial charge in [0.05, 0.1) is 11.4 Å². The minimum absolute atomic E-state index is 0.116. The molecule has 2 heterocycles. The summed E-state index contributed by atoms with van der Waals surface area (Å²) >= 11 is 0. The van der Waals surface area contributed by atoms with Crippen molar-refractivity contribution in [1.29, 1.82) is 5.26 Å². The second-order valence-electron chi connectivity index (χ2n) is 4.71. The molecule has 0 aliphatic carbocycles. The summed E-state index contributed by atoms with van der Waals surface area (Å²) in [5.74, 6) is 0.602. The number of benzene rings is 1. The maximum atomic E-state index is 9.22. The van der Waals surface area contributed by atoms with E-state index in [1.165, 1.54) is 5.56 Å². The van der Waals surface area contributed by atoms with E-state index in [0.717, 1.165) is 16.7 Å². The van der Waals surface area contributed by atoms with Gasteiger partial charge in [0, 0.05) is 11.8 Å². The molecule has 0 aromatic heterocycles. The van der Waals surface area contributed by atoms with Crippen LogP contribution >= 0.6 is 0 Å². The minimum atomic E-state index is -0.116. The van der Waals surface area contributed by atoms with Crippen molar-refractivity contribution >= 4 is 5.57 Å². The van der Waals surface area contributed by atoms with Crippen molar-refractivity contribution < 1.29 is 0 Å². The van der Waals surface area contributed by atoms with Crippen LogP contribution in [0.15, 0.2) is 53.5 Å². The molecule has 0 bridgehead atoms. The highest BCUT2D eigenvalue weighted by Crippen LogP contribution is 2.32. The number of allylic oxidation sites excluding steroid dienone is 2. The van der Waals surface area contributed by atoms with Crippen molar-refractivity contribution in [3.63, 3.8) is 0 Å². The Morgan fingerprint density at radius 3 is 2.95 bits per heavy atom. The Kier molecular flexibility index (Phi) is 2.53. The number of hydrogen-bond acceptors (Lipinski definition) is 4. The fourth-order valence-electron chi connectivity index (χ4n) is 2.48. The van der Waals surface area contributed by atoms with E-state index in [4.69, 9.17) is 5.73 Å². The van der Waals surface area contributed by atoms with Gasteiger partial charge in [-0.3, -0.25) is 0 Å². The van der Waals surface area contributed by atoms with Crippen LogP contribution in [0.5, 0.6) is 0 Å².